The molecule has 2 saturated heterocycles. The van der Waals surface area contributed by atoms with E-state index < -0.39 is 42.8 Å². The monoisotopic (exact) mass is 348 g/mol. The van der Waals surface area contributed by atoms with Crippen LogP contribution in [0.1, 0.15) is 16.1 Å². The minimum atomic E-state index is -2.80. The summed E-state index contributed by atoms with van der Waals surface area (Å²) in [5.41, 5.74) is -4.84. The van der Waals surface area contributed by atoms with Gasteiger partial charge in [0.05, 0.1) is 49.5 Å². The van der Waals surface area contributed by atoms with Crippen LogP contribution in [-0.2, 0) is 4.79 Å². The molecule has 0 N–H and O–H groups in total. The molecular weight excluding hydrogens is 334 g/mol. The molecule has 9 heteroatoms. The van der Waals surface area contributed by atoms with E-state index >= 15 is 8.78 Å². The molecule has 2 aromatic heterocycles. The van der Waals surface area contributed by atoms with Crippen molar-refractivity contribution in [1.29, 1.82) is 0 Å². The summed E-state index contributed by atoms with van der Waals surface area (Å²) < 4.78 is 35.7. The van der Waals surface area contributed by atoms with E-state index in [1.54, 1.807) is 6.92 Å². The van der Waals surface area contributed by atoms with Gasteiger partial charge >= 0.3 is 0 Å². The van der Waals surface area contributed by atoms with Gasteiger partial charge in [0.25, 0.3) is 11.8 Å². The maximum Gasteiger partial charge on any atom is 0.270 e. The van der Waals surface area contributed by atoms with E-state index in [4.69, 9.17) is 4.42 Å². The second-order valence-corrected chi connectivity index (χ2v) is 6.31. The second-order valence-electron chi connectivity index (χ2n) is 6.31. The molecule has 0 saturated carbocycles. The SMILES string of the molecule is Cc1occc1C(=O)N1C[C@@]2(F)CN(c3cncnc3)C(=O)[C@@]2(F)C1. The van der Waals surface area contributed by atoms with Crippen molar-refractivity contribution in [3.8, 4) is 0 Å². The van der Waals surface area contributed by atoms with Crippen molar-refractivity contribution in [1.82, 2.24) is 14.9 Å². The Morgan fingerprint density at radius 2 is 1.96 bits per heavy atom. The van der Waals surface area contributed by atoms with Crippen molar-refractivity contribution < 1.29 is 22.8 Å². The number of hydrogen-bond donors (Lipinski definition) is 0. The summed E-state index contributed by atoms with van der Waals surface area (Å²) in [6, 6.07) is 1.44. The number of fused-ring (bicyclic) bond motifs is 1. The lowest BCUT2D eigenvalue weighted by Crippen LogP contribution is -2.47. The lowest BCUT2D eigenvalue weighted by Gasteiger charge is -2.22. The lowest BCUT2D eigenvalue weighted by molar-refractivity contribution is -0.130. The van der Waals surface area contributed by atoms with Gasteiger partial charge in [-0.15, -0.1) is 0 Å². The van der Waals surface area contributed by atoms with Crippen LogP contribution in [0.2, 0.25) is 0 Å². The number of halogens is 2. The summed E-state index contributed by atoms with van der Waals surface area (Å²) in [6.45, 7) is -0.0639. The molecule has 2 fully saturated rings. The Balaban J connectivity index is 1.63. The van der Waals surface area contributed by atoms with E-state index in [-0.39, 0.29) is 11.3 Å². The van der Waals surface area contributed by atoms with Crippen LogP contribution in [0.25, 0.3) is 0 Å². The highest BCUT2D eigenvalue weighted by atomic mass is 19.2. The summed E-state index contributed by atoms with van der Waals surface area (Å²) in [5.74, 6) is -1.22. The molecule has 2 atom stereocenters. The van der Waals surface area contributed by atoms with E-state index in [2.05, 4.69) is 9.97 Å². The summed E-state index contributed by atoms with van der Waals surface area (Å²) in [4.78, 5) is 34.6. The quantitative estimate of drug-likeness (QED) is 0.817. The van der Waals surface area contributed by atoms with E-state index in [0.29, 0.717) is 5.76 Å². The first kappa shape index (κ1) is 15.7. The summed E-state index contributed by atoms with van der Waals surface area (Å²) in [7, 11) is 0. The molecule has 4 heterocycles. The van der Waals surface area contributed by atoms with Crippen LogP contribution in [-0.4, -0.2) is 57.7 Å². The molecule has 0 spiro atoms. The van der Waals surface area contributed by atoms with Crippen LogP contribution in [0.4, 0.5) is 14.5 Å². The molecule has 2 aliphatic rings. The molecule has 7 nitrogen and oxygen atoms in total. The number of anilines is 1. The Bertz CT molecular complexity index is 858. The largest absolute Gasteiger partial charge is 0.469 e. The smallest absolute Gasteiger partial charge is 0.270 e. The lowest BCUT2D eigenvalue weighted by atomic mass is 9.93. The van der Waals surface area contributed by atoms with Crippen molar-refractivity contribution in [2.45, 2.75) is 18.3 Å². The fourth-order valence-electron chi connectivity index (χ4n) is 3.42. The van der Waals surface area contributed by atoms with Crippen LogP contribution in [0.3, 0.4) is 0 Å². The van der Waals surface area contributed by atoms with Crippen molar-refractivity contribution in [2.24, 2.45) is 0 Å². The van der Waals surface area contributed by atoms with Gasteiger partial charge in [-0.2, -0.15) is 0 Å². The minimum Gasteiger partial charge on any atom is -0.469 e. The third-order valence-electron chi connectivity index (χ3n) is 4.79. The number of likely N-dealkylation sites (tertiary alicyclic amines) is 1. The van der Waals surface area contributed by atoms with Gasteiger partial charge in [0.2, 0.25) is 5.67 Å². The van der Waals surface area contributed by atoms with Gasteiger partial charge in [-0.3, -0.25) is 9.59 Å². The number of carbonyl (C=O) groups excluding carboxylic acids is 2. The zero-order valence-corrected chi connectivity index (χ0v) is 13.3. The first-order chi connectivity index (χ1) is 11.9. The Labute approximate surface area is 141 Å². The second kappa shape index (κ2) is 5.08. The van der Waals surface area contributed by atoms with Crippen LogP contribution >= 0.6 is 0 Å². The molecule has 4 rings (SSSR count). The van der Waals surface area contributed by atoms with Crippen LogP contribution in [0.5, 0.6) is 0 Å². The first-order valence-corrected chi connectivity index (χ1v) is 7.64. The van der Waals surface area contributed by atoms with Crippen molar-refractivity contribution >= 4 is 17.5 Å². The number of furan rings is 1. The zero-order valence-electron chi connectivity index (χ0n) is 13.3. The molecule has 0 aromatic carbocycles. The molecular formula is C16H14F2N4O3. The molecule has 0 radical (unpaired) electrons. The van der Waals surface area contributed by atoms with E-state index in [1.165, 1.54) is 31.1 Å². The first-order valence-electron chi connectivity index (χ1n) is 7.64. The number of rotatable bonds is 2. The Hall–Kier alpha value is -2.84. The highest BCUT2D eigenvalue weighted by Gasteiger charge is 2.72. The normalized spacial score (nSPS) is 28.5. The number of hydrogen-bond acceptors (Lipinski definition) is 5. The minimum absolute atomic E-state index is 0.222. The fraction of sp³-hybridized carbons (Fsp3) is 0.375. The van der Waals surface area contributed by atoms with Crippen LogP contribution in [0, 0.1) is 6.92 Å². The van der Waals surface area contributed by atoms with Gasteiger partial charge < -0.3 is 14.2 Å². The Kier molecular flexibility index (Phi) is 3.18. The molecule has 2 aliphatic heterocycles. The zero-order chi connectivity index (χ0) is 17.8. The van der Waals surface area contributed by atoms with Gasteiger partial charge in [-0.05, 0) is 13.0 Å². The van der Waals surface area contributed by atoms with Gasteiger partial charge in [0, 0.05) is 0 Å². The van der Waals surface area contributed by atoms with Gasteiger partial charge in [-0.1, -0.05) is 0 Å². The highest BCUT2D eigenvalue weighted by molar-refractivity contribution is 6.05. The number of carbonyl (C=O) groups is 2. The molecule has 0 unspecified atom stereocenters. The Morgan fingerprint density at radius 3 is 2.56 bits per heavy atom. The molecule has 2 amide bonds. The van der Waals surface area contributed by atoms with E-state index in [1.807, 2.05) is 0 Å². The van der Waals surface area contributed by atoms with Crippen LogP contribution in [0.15, 0.2) is 35.5 Å². The molecule has 25 heavy (non-hydrogen) atoms. The standard InChI is InChI=1S/C16H14F2N4O3/c1-10-12(2-3-25-10)13(23)21-6-15(17)7-22(11-4-19-9-20-5-11)14(24)16(15,18)8-21/h2-5,9H,6-8H2,1H3/t15-,16+/m1/s1. The van der Waals surface area contributed by atoms with Gasteiger partial charge in [0.1, 0.15) is 12.1 Å². The van der Waals surface area contributed by atoms with Crippen molar-refractivity contribution in [3.63, 3.8) is 0 Å². The molecule has 2 aromatic rings. The summed E-state index contributed by atoms with van der Waals surface area (Å²) in [6.07, 6.45) is 5.22. The van der Waals surface area contributed by atoms with Crippen molar-refractivity contribution in [3.05, 3.63) is 42.4 Å². The predicted octanol–water partition coefficient (Wildman–Crippen LogP) is 1.30. The maximum absolute atomic E-state index is 15.3. The third kappa shape index (κ3) is 2.08. The summed E-state index contributed by atoms with van der Waals surface area (Å²) >= 11 is 0. The van der Waals surface area contributed by atoms with E-state index in [9.17, 15) is 9.59 Å². The molecule has 0 bridgehead atoms. The fourth-order valence-corrected chi connectivity index (χ4v) is 3.42. The highest BCUT2D eigenvalue weighted by Crippen LogP contribution is 2.47. The van der Waals surface area contributed by atoms with Crippen molar-refractivity contribution in [2.75, 3.05) is 24.5 Å². The maximum atomic E-state index is 15.3. The number of nitrogens with zero attached hydrogens (tertiary/aromatic N) is 4. The average molecular weight is 348 g/mol. The number of alkyl halides is 2. The van der Waals surface area contributed by atoms with Gasteiger partial charge in [-0.25, -0.2) is 18.7 Å². The van der Waals surface area contributed by atoms with E-state index in [0.717, 1.165) is 9.80 Å². The number of amides is 2. The topological polar surface area (TPSA) is 79.5 Å². The average Bonchev–Trinajstić information content (AvgIpc) is 3.19. The van der Waals surface area contributed by atoms with Crippen LogP contribution < -0.4 is 4.90 Å². The predicted molar refractivity (Wildman–Crippen MR) is 81.4 cm³/mol. The van der Waals surface area contributed by atoms with Gasteiger partial charge in [0.15, 0.2) is 5.67 Å². The summed E-state index contributed by atoms with van der Waals surface area (Å²) in [5, 5.41) is 0. The Morgan fingerprint density at radius 1 is 1.24 bits per heavy atom. The third-order valence-corrected chi connectivity index (χ3v) is 4.79. The molecule has 0 aliphatic carbocycles. The molecule has 130 valence electrons. The number of aromatic nitrogens is 2. The number of aryl methyl sites for hydroxylation is 1.